The summed E-state index contributed by atoms with van der Waals surface area (Å²) in [5.41, 5.74) is 6.07. The van der Waals surface area contributed by atoms with Crippen LogP contribution in [0.3, 0.4) is 0 Å². The maximum absolute atomic E-state index is 5.63. The van der Waals surface area contributed by atoms with Gasteiger partial charge in [-0.1, -0.05) is 48.0 Å². The smallest absolute Gasteiger partial charge is 0.231 e. The molecule has 0 saturated heterocycles. The van der Waals surface area contributed by atoms with Gasteiger partial charge in [-0.2, -0.15) is 5.10 Å². The van der Waals surface area contributed by atoms with Gasteiger partial charge in [-0.3, -0.25) is 4.98 Å². The number of aryl methyl sites for hydroxylation is 1. The summed E-state index contributed by atoms with van der Waals surface area (Å²) in [7, 11) is 0. The monoisotopic (exact) mass is 379 g/mol. The van der Waals surface area contributed by atoms with Gasteiger partial charge in [-0.15, -0.1) is 0 Å². The normalized spacial score (nSPS) is 12.7. The quantitative estimate of drug-likeness (QED) is 0.419. The van der Waals surface area contributed by atoms with Crippen molar-refractivity contribution in [2.24, 2.45) is 0 Å². The second kappa shape index (κ2) is 6.07. The molecule has 6 rings (SSSR count). The zero-order valence-corrected chi connectivity index (χ0v) is 15.8. The predicted octanol–water partition coefficient (Wildman–Crippen LogP) is 5.28. The molecule has 1 aliphatic heterocycles. The number of nitrogens with zero attached hydrogens (tertiary/aromatic N) is 3. The minimum Gasteiger partial charge on any atom is -0.454 e. The molecule has 5 aromatic rings. The van der Waals surface area contributed by atoms with Crippen molar-refractivity contribution >= 4 is 21.8 Å². The third-order valence-corrected chi connectivity index (χ3v) is 5.33. The van der Waals surface area contributed by atoms with Gasteiger partial charge in [-0.25, -0.2) is 4.68 Å². The van der Waals surface area contributed by atoms with Crippen molar-refractivity contribution in [2.75, 3.05) is 6.79 Å². The van der Waals surface area contributed by atoms with Crippen LogP contribution in [0.15, 0.2) is 72.9 Å². The first kappa shape index (κ1) is 16.1. The highest BCUT2D eigenvalue weighted by atomic mass is 16.7. The summed E-state index contributed by atoms with van der Waals surface area (Å²) in [6.45, 7) is 2.32. The predicted molar refractivity (Wildman–Crippen MR) is 113 cm³/mol. The molecule has 1 aliphatic rings. The molecule has 2 aromatic heterocycles. The highest BCUT2D eigenvalue weighted by Crippen LogP contribution is 2.40. The van der Waals surface area contributed by atoms with E-state index in [1.165, 1.54) is 5.56 Å². The van der Waals surface area contributed by atoms with E-state index >= 15 is 0 Å². The van der Waals surface area contributed by atoms with Crippen molar-refractivity contribution in [3.63, 3.8) is 0 Å². The standard InChI is InChI=1S/C24H17N3O2/c1-15-7-9-16(10-8-15)23-19-13-25-20-12-22-21(28-14-29-22)11-18(20)24(19)27(26-23)17-5-3-2-4-6-17/h2-13H,14H2,1H3. The zero-order valence-electron chi connectivity index (χ0n) is 15.8. The number of hydrogen-bond donors (Lipinski definition) is 0. The topological polar surface area (TPSA) is 49.2 Å². The summed E-state index contributed by atoms with van der Waals surface area (Å²) in [5, 5.41) is 7.00. The molecular formula is C24H17N3O2. The van der Waals surface area contributed by atoms with Crippen LogP contribution in [0.5, 0.6) is 11.5 Å². The molecule has 3 aromatic carbocycles. The molecule has 0 N–H and O–H groups in total. The number of para-hydroxylation sites is 1. The van der Waals surface area contributed by atoms with E-state index in [0.717, 1.165) is 50.2 Å². The largest absolute Gasteiger partial charge is 0.454 e. The zero-order chi connectivity index (χ0) is 19.4. The Bertz CT molecular complexity index is 1370. The lowest BCUT2D eigenvalue weighted by Gasteiger charge is -2.06. The first-order chi connectivity index (χ1) is 14.3. The van der Waals surface area contributed by atoms with Gasteiger partial charge >= 0.3 is 0 Å². The Morgan fingerprint density at radius 1 is 0.862 bits per heavy atom. The minimum absolute atomic E-state index is 0.237. The minimum atomic E-state index is 0.237. The second-order valence-corrected chi connectivity index (χ2v) is 7.21. The van der Waals surface area contributed by atoms with Crippen LogP contribution < -0.4 is 9.47 Å². The summed E-state index contributed by atoms with van der Waals surface area (Å²) < 4.78 is 13.2. The van der Waals surface area contributed by atoms with Gasteiger partial charge in [0.15, 0.2) is 11.5 Å². The lowest BCUT2D eigenvalue weighted by molar-refractivity contribution is 0.174. The summed E-state index contributed by atoms with van der Waals surface area (Å²) in [6.07, 6.45) is 1.90. The van der Waals surface area contributed by atoms with Crippen LogP contribution in [0.1, 0.15) is 5.56 Å². The fraction of sp³-hybridized carbons (Fsp3) is 0.0833. The third-order valence-electron chi connectivity index (χ3n) is 5.33. The van der Waals surface area contributed by atoms with Gasteiger partial charge in [0.2, 0.25) is 6.79 Å². The maximum Gasteiger partial charge on any atom is 0.231 e. The van der Waals surface area contributed by atoms with Crippen molar-refractivity contribution in [1.29, 1.82) is 0 Å². The van der Waals surface area contributed by atoms with E-state index in [-0.39, 0.29) is 6.79 Å². The summed E-state index contributed by atoms with van der Waals surface area (Å²) in [4.78, 5) is 4.71. The fourth-order valence-electron chi connectivity index (χ4n) is 3.85. The van der Waals surface area contributed by atoms with E-state index in [4.69, 9.17) is 19.6 Å². The van der Waals surface area contributed by atoms with Crippen LogP contribution in [0.2, 0.25) is 0 Å². The Kier molecular flexibility index (Phi) is 3.38. The second-order valence-electron chi connectivity index (χ2n) is 7.21. The van der Waals surface area contributed by atoms with E-state index in [0.29, 0.717) is 0 Å². The van der Waals surface area contributed by atoms with Gasteiger partial charge < -0.3 is 9.47 Å². The maximum atomic E-state index is 5.63. The molecule has 0 bridgehead atoms. The molecule has 0 atom stereocenters. The molecule has 5 nitrogen and oxygen atoms in total. The fourth-order valence-corrected chi connectivity index (χ4v) is 3.85. The molecular weight excluding hydrogens is 362 g/mol. The van der Waals surface area contributed by atoms with E-state index in [9.17, 15) is 0 Å². The van der Waals surface area contributed by atoms with Gasteiger partial charge in [0.25, 0.3) is 0 Å². The number of hydrogen-bond acceptors (Lipinski definition) is 4. The summed E-state index contributed by atoms with van der Waals surface area (Å²) >= 11 is 0. The molecule has 0 unspecified atom stereocenters. The number of aromatic nitrogens is 3. The van der Waals surface area contributed by atoms with Crippen molar-refractivity contribution in [2.45, 2.75) is 6.92 Å². The molecule has 0 fully saturated rings. The number of ether oxygens (including phenoxy) is 2. The van der Waals surface area contributed by atoms with Crippen LogP contribution in [-0.4, -0.2) is 21.6 Å². The van der Waals surface area contributed by atoms with Crippen LogP contribution in [0.4, 0.5) is 0 Å². The Balaban J connectivity index is 1.72. The molecule has 3 heterocycles. The Hall–Kier alpha value is -3.86. The third kappa shape index (κ3) is 2.48. The first-order valence-corrected chi connectivity index (χ1v) is 9.51. The van der Waals surface area contributed by atoms with Crippen LogP contribution in [0, 0.1) is 6.92 Å². The number of fused-ring (bicyclic) bond motifs is 4. The van der Waals surface area contributed by atoms with Crippen molar-refractivity contribution < 1.29 is 9.47 Å². The SMILES string of the molecule is Cc1ccc(-c2nn(-c3ccccc3)c3c2cnc2cc4c(cc23)OCO4)cc1. The molecule has 0 spiro atoms. The van der Waals surface area contributed by atoms with Crippen molar-refractivity contribution in [1.82, 2.24) is 14.8 Å². The molecule has 0 amide bonds. The summed E-state index contributed by atoms with van der Waals surface area (Å²) in [6, 6.07) is 22.5. The molecule has 5 heteroatoms. The average molecular weight is 379 g/mol. The lowest BCUT2D eigenvalue weighted by atomic mass is 10.1. The van der Waals surface area contributed by atoms with Crippen LogP contribution in [0.25, 0.3) is 38.8 Å². The van der Waals surface area contributed by atoms with E-state index in [2.05, 4.69) is 43.3 Å². The van der Waals surface area contributed by atoms with Crippen molar-refractivity contribution in [3.8, 4) is 28.4 Å². The van der Waals surface area contributed by atoms with E-state index in [1.54, 1.807) is 0 Å². The van der Waals surface area contributed by atoms with Crippen molar-refractivity contribution in [3.05, 3.63) is 78.5 Å². The van der Waals surface area contributed by atoms with Crippen LogP contribution >= 0.6 is 0 Å². The molecule has 0 saturated carbocycles. The lowest BCUT2D eigenvalue weighted by Crippen LogP contribution is -1.97. The van der Waals surface area contributed by atoms with Gasteiger partial charge in [-0.05, 0) is 25.1 Å². The first-order valence-electron chi connectivity index (χ1n) is 9.51. The number of rotatable bonds is 2. The van der Waals surface area contributed by atoms with Gasteiger partial charge in [0, 0.05) is 28.6 Å². The Labute approximate surface area is 167 Å². The molecule has 0 radical (unpaired) electrons. The molecule has 29 heavy (non-hydrogen) atoms. The molecule has 0 aliphatic carbocycles. The highest BCUT2D eigenvalue weighted by Gasteiger charge is 2.21. The number of pyridine rings is 1. The van der Waals surface area contributed by atoms with Gasteiger partial charge in [0.1, 0.15) is 5.69 Å². The average Bonchev–Trinajstić information content (AvgIpc) is 3.37. The van der Waals surface area contributed by atoms with E-state index < -0.39 is 0 Å². The Morgan fingerprint density at radius 3 is 2.41 bits per heavy atom. The highest BCUT2D eigenvalue weighted by molar-refractivity contribution is 6.09. The number of benzene rings is 3. The van der Waals surface area contributed by atoms with Crippen LogP contribution in [-0.2, 0) is 0 Å². The summed E-state index contributed by atoms with van der Waals surface area (Å²) in [5.74, 6) is 1.47. The van der Waals surface area contributed by atoms with E-state index in [1.807, 2.05) is 41.2 Å². The van der Waals surface area contributed by atoms with Gasteiger partial charge in [0.05, 0.1) is 16.7 Å². The Morgan fingerprint density at radius 2 is 1.62 bits per heavy atom. The molecule has 140 valence electrons.